The normalized spacial score (nSPS) is 14.5. The summed E-state index contributed by atoms with van der Waals surface area (Å²) in [6.07, 6.45) is 1.97. The Morgan fingerprint density at radius 1 is 1.30 bits per heavy atom. The number of benzene rings is 1. The number of hydrogen-bond acceptors (Lipinski definition) is 6. The summed E-state index contributed by atoms with van der Waals surface area (Å²) in [5.74, 6) is 1.45. The van der Waals surface area contributed by atoms with Crippen LogP contribution in [0.4, 0.5) is 5.82 Å². The van der Waals surface area contributed by atoms with Crippen LogP contribution >= 0.6 is 11.6 Å². The van der Waals surface area contributed by atoms with Crippen LogP contribution in [0.5, 0.6) is 11.5 Å². The summed E-state index contributed by atoms with van der Waals surface area (Å²) in [6, 6.07) is 4.91. The third-order valence-electron chi connectivity index (χ3n) is 4.96. The van der Waals surface area contributed by atoms with Gasteiger partial charge in [-0.2, -0.15) is 0 Å². The average molecular weight is 436 g/mol. The van der Waals surface area contributed by atoms with Crippen LogP contribution in [-0.4, -0.2) is 48.7 Å². The fraction of sp³-hybridized carbons (Fsp3) is 0.476. The van der Waals surface area contributed by atoms with Gasteiger partial charge in [-0.1, -0.05) is 23.7 Å². The SMILES string of the molecule is CCCOc1c(Cl)cc(C(=O)N2CCC(C(=O)Nc3cc(C)on3)CC2)cc1OC. The Morgan fingerprint density at radius 2 is 2.03 bits per heavy atom. The van der Waals surface area contributed by atoms with E-state index in [-0.39, 0.29) is 17.7 Å². The number of rotatable bonds is 7. The van der Waals surface area contributed by atoms with E-state index in [0.717, 1.165) is 6.42 Å². The van der Waals surface area contributed by atoms with Gasteiger partial charge in [-0.25, -0.2) is 0 Å². The summed E-state index contributed by atoms with van der Waals surface area (Å²) in [6.45, 7) is 5.21. The molecule has 0 atom stereocenters. The maximum atomic E-state index is 13.0. The van der Waals surface area contributed by atoms with E-state index in [1.54, 1.807) is 30.0 Å². The summed E-state index contributed by atoms with van der Waals surface area (Å²) < 4.78 is 16.0. The number of carbonyl (C=O) groups excluding carboxylic acids is 2. The molecule has 1 aromatic heterocycles. The minimum atomic E-state index is -0.186. The molecule has 3 rings (SSSR count). The first-order valence-electron chi connectivity index (χ1n) is 9.96. The lowest BCUT2D eigenvalue weighted by atomic mass is 9.95. The highest BCUT2D eigenvalue weighted by molar-refractivity contribution is 6.32. The number of anilines is 1. The zero-order valence-electron chi connectivity index (χ0n) is 17.4. The van der Waals surface area contributed by atoms with Crippen molar-refractivity contribution in [2.75, 3.05) is 32.1 Å². The highest BCUT2D eigenvalue weighted by Gasteiger charge is 2.29. The van der Waals surface area contributed by atoms with Gasteiger partial charge >= 0.3 is 0 Å². The number of nitrogens with zero attached hydrogens (tertiary/aromatic N) is 2. The molecule has 1 N–H and O–H groups in total. The lowest BCUT2D eigenvalue weighted by Crippen LogP contribution is -2.41. The van der Waals surface area contributed by atoms with Crippen molar-refractivity contribution in [1.29, 1.82) is 0 Å². The number of aromatic nitrogens is 1. The molecule has 162 valence electrons. The third kappa shape index (κ3) is 5.05. The largest absolute Gasteiger partial charge is 0.493 e. The second kappa shape index (κ2) is 9.84. The average Bonchev–Trinajstić information content (AvgIpc) is 3.16. The summed E-state index contributed by atoms with van der Waals surface area (Å²) in [4.78, 5) is 27.1. The Bertz CT molecular complexity index is 906. The Morgan fingerprint density at radius 3 is 2.63 bits per heavy atom. The number of likely N-dealkylation sites (tertiary alicyclic amines) is 1. The molecule has 1 aliphatic heterocycles. The maximum Gasteiger partial charge on any atom is 0.254 e. The van der Waals surface area contributed by atoms with Crippen LogP contribution in [0.2, 0.25) is 5.02 Å². The zero-order valence-corrected chi connectivity index (χ0v) is 18.1. The van der Waals surface area contributed by atoms with Gasteiger partial charge < -0.3 is 24.2 Å². The fourth-order valence-electron chi connectivity index (χ4n) is 3.37. The van der Waals surface area contributed by atoms with Crippen molar-refractivity contribution in [3.63, 3.8) is 0 Å². The van der Waals surface area contributed by atoms with Gasteiger partial charge in [0.2, 0.25) is 5.91 Å². The molecule has 2 amide bonds. The van der Waals surface area contributed by atoms with Gasteiger partial charge in [-0.05, 0) is 38.3 Å². The second-order valence-corrected chi connectivity index (χ2v) is 7.62. The minimum absolute atomic E-state index is 0.113. The maximum absolute atomic E-state index is 13.0. The molecule has 30 heavy (non-hydrogen) atoms. The number of ether oxygens (including phenoxy) is 2. The summed E-state index contributed by atoms with van der Waals surface area (Å²) in [5, 5.41) is 6.87. The number of hydrogen-bond donors (Lipinski definition) is 1. The molecule has 0 bridgehead atoms. The predicted molar refractivity (Wildman–Crippen MR) is 112 cm³/mol. The smallest absolute Gasteiger partial charge is 0.254 e. The number of carbonyl (C=O) groups is 2. The summed E-state index contributed by atoms with van der Waals surface area (Å²) in [7, 11) is 1.51. The zero-order chi connectivity index (χ0) is 21.7. The van der Waals surface area contributed by atoms with Crippen LogP contribution in [0.3, 0.4) is 0 Å². The molecule has 0 saturated carbocycles. The first-order valence-corrected chi connectivity index (χ1v) is 10.3. The van der Waals surface area contributed by atoms with Crippen molar-refractivity contribution in [2.24, 2.45) is 5.92 Å². The standard InChI is InChI=1S/C21H26ClN3O5/c1-4-9-29-19-16(22)11-15(12-17(19)28-3)21(27)25-7-5-14(6-8-25)20(26)23-18-10-13(2)30-24-18/h10-12,14H,4-9H2,1-3H3,(H,23,24,26). The van der Waals surface area contributed by atoms with Gasteiger partial charge in [0.05, 0.1) is 18.7 Å². The second-order valence-electron chi connectivity index (χ2n) is 7.22. The van der Waals surface area contributed by atoms with Crippen molar-refractivity contribution in [1.82, 2.24) is 10.1 Å². The van der Waals surface area contributed by atoms with Crippen LogP contribution in [0.1, 0.15) is 42.3 Å². The van der Waals surface area contributed by atoms with Crippen LogP contribution in [0.15, 0.2) is 22.7 Å². The molecule has 1 aliphatic rings. The molecule has 0 spiro atoms. The van der Waals surface area contributed by atoms with Crippen LogP contribution in [0, 0.1) is 12.8 Å². The first-order chi connectivity index (χ1) is 14.4. The van der Waals surface area contributed by atoms with Crippen molar-refractivity contribution < 1.29 is 23.6 Å². The molecule has 0 aliphatic carbocycles. The van der Waals surface area contributed by atoms with Crippen molar-refractivity contribution in [3.8, 4) is 11.5 Å². The molecule has 8 nitrogen and oxygen atoms in total. The van der Waals surface area contributed by atoms with Gasteiger partial charge in [0.15, 0.2) is 17.3 Å². The number of halogens is 1. The van der Waals surface area contributed by atoms with E-state index in [9.17, 15) is 9.59 Å². The topological polar surface area (TPSA) is 93.9 Å². The number of piperidine rings is 1. The van der Waals surface area contributed by atoms with Crippen LogP contribution in [0.25, 0.3) is 0 Å². The molecule has 9 heteroatoms. The van der Waals surface area contributed by atoms with Gasteiger partial charge in [0, 0.05) is 30.6 Å². The number of aryl methyl sites for hydroxylation is 1. The minimum Gasteiger partial charge on any atom is -0.493 e. The summed E-state index contributed by atoms with van der Waals surface area (Å²) in [5.41, 5.74) is 0.432. The number of amides is 2. The Hall–Kier alpha value is -2.74. The van der Waals surface area contributed by atoms with E-state index in [1.165, 1.54) is 7.11 Å². The van der Waals surface area contributed by atoms with E-state index in [2.05, 4.69) is 10.5 Å². The van der Waals surface area contributed by atoms with Crippen molar-refractivity contribution in [3.05, 3.63) is 34.5 Å². The molecule has 0 unspecified atom stereocenters. The predicted octanol–water partition coefficient (Wildman–Crippen LogP) is 3.92. The Labute approximate surface area is 180 Å². The number of nitrogens with one attached hydrogen (secondary N) is 1. The Balaban J connectivity index is 1.62. The molecule has 2 aromatic rings. The highest BCUT2D eigenvalue weighted by atomic mass is 35.5. The lowest BCUT2D eigenvalue weighted by molar-refractivity contribution is -0.121. The molecule has 1 saturated heterocycles. The van der Waals surface area contributed by atoms with Crippen LogP contribution < -0.4 is 14.8 Å². The third-order valence-corrected chi connectivity index (χ3v) is 5.24. The molecule has 0 radical (unpaired) electrons. The lowest BCUT2D eigenvalue weighted by Gasteiger charge is -2.31. The summed E-state index contributed by atoms with van der Waals surface area (Å²) >= 11 is 6.33. The number of methoxy groups -OCH3 is 1. The molecular weight excluding hydrogens is 410 g/mol. The fourth-order valence-corrected chi connectivity index (χ4v) is 3.63. The monoisotopic (exact) mass is 435 g/mol. The quantitative estimate of drug-likeness (QED) is 0.708. The molecular formula is C21H26ClN3O5. The van der Waals surface area contributed by atoms with E-state index >= 15 is 0 Å². The van der Waals surface area contributed by atoms with Gasteiger partial charge in [-0.3, -0.25) is 9.59 Å². The van der Waals surface area contributed by atoms with E-state index in [0.29, 0.717) is 66.2 Å². The highest BCUT2D eigenvalue weighted by Crippen LogP contribution is 2.37. The molecule has 1 aromatic carbocycles. The molecule has 1 fully saturated rings. The van der Waals surface area contributed by atoms with E-state index in [4.69, 9.17) is 25.6 Å². The first kappa shape index (κ1) is 22.0. The van der Waals surface area contributed by atoms with Gasteiger partial charge in [0.25, 0.3) is 5.91 Å². The van der Waals surface area contributed by atoms with Crippen LogP contribution in [-0.2, 0) is 4.79 Å². The van der Waals surface area contributed by atoms with E-state index < -0.39 is 0 Å². The molecule has 2 heterocycles. The Kier molecular flexibility index (Phi) is 7.20. The van der Waals surface area contributed by atoms with Gasteiger partial charge in [-0.15, -0.1) is 0 Å². The van der Waals surface area contributed by atoms with Crippen molar-refractivity contribution in [2.45, 2.75) is 33.1 Å². The van der Waals surface area contributed by atoms with Crippen molar-refractivity contribution >= 4 is 29.2 Å². The van der Waals surface area contributed by atoms with Gasteiger partial charge in [0.1, 0.15) is 5.76 Å². The van der Waals surface area contributed by atoms with E-state index in [1.807, 2.05) is 6.92 Å².